The molecule has 2 aromatic rings. The second-order valence-electron chi connectivity index (χ2n) is 6.64. The topological polar surface area (TPSA) is 32.7 Å². The Bertz CT molecular complexity index is 867. The fourth-order valence-electron chi connectivity index (χ4n) is 4.02. The van der Waals surface area contributed by atoms with Crippen molar-refractivity contribution in [3.8, 4) is 0 Å². The SMILES string of the molecule is CSC1=NC2(CC(c3ccccc3)Cc3ccc(Br)cc32)C(=O)N1C. The van der Waals surface area contributed by atoms with Crippen LogP contribution >= 0.6 is 27.7 Å². The highest BCUT2D eigenvalue weighted by molar-refractivity contribution is 9.10. The maximum Gasteiger partial charge on any atom is 0.260 e. The minimum atomic E-state index is -0.801. The first-order valence-electron chi connectivity index (χ1n) is 8.31. The number of thioether (sulfide) groups is 1. The molecular formula is C20H19BrN2OS. The second-order valence-corrected chi connectivity index (χ2v) is 8.33. The summed E-state index contributed by atoms with van der Waals surface area (Å²) >= 11 is 5.10. The van der Waals surface area contributed by atoms with Crippen LogP contribution in [-0.4, -0.2) is 29.3 Å². The van der Waals surface area contributed by atoms with E-state index < -0.39 is 5.54 Å². The summed E-state index contributed by atoms with van der Waals surface area (Å²) in [6.07, 6.45) is 3.63. The van der Waals surface area contributed by atoms with Gasteiger partial charge < -0.3 is 0 Å². The molecule has 2 atom stereocenters. The Morgan fingerprint density at radius 3 is 2.68 bits per heavy atom. The van der Waals surface area contributed by atoms with Gasteiger partial charge in [0.15, 0.2) is 10.7 Å². The largest absolute Gasteiger partial charge is 0.292 e. The van der Waals surface area contributed by atoms with E-state index in [1.165, 1.54) is 22.9 Å². The van der Waals surface area contributed by atoms with Gasteiger partial charge in [-0.3, -0.25) is 9.69 Å². The monoisotopic (exact) mass is 414 g/mol. The summed E-state index contributed by atoms with van der Waals surface area (Å²) in [6, 6.07) is 16.8. The molecule has 2 unspecified atom stereocenters. The lowest BCUT2D eigenvalue weighted by molar-refractivity contribution is -0.131. The Balaban J connectivity index is 1.89. The van der Waals surface area contributed by atoms with E-state index >= 15 is 0 Å². The fraction of sp³-hybridized carbons (Fsp3) is 0.300. The molecule has 25 heavy (non-hydrogen) atoms. The van der Waals surface area contributed by atoms with Gasteiger partial charge in [-0.1, -0.05) is 64.1 Å². The van der Waals surface area contributed by atoms with Crippen molar-refractivity contribution < 1.29 is 4.79 Å². The Labute approximate surface area is 160 Å². The van der Waals surface area contributed by atoms with E-state index in [0.29, 0.717) is 6.42 Å². The summed E-state index contributed by atoms with van der Waals surface area (Å²) in [5.41, 5.74) is 2.75. The molecule has 1 aliphatic heterocycles. The molecule has 1 aliphatic carbocycles. The first-order valence-corrected chi connectivity index (χ1v) is 10.3. The molecule has 2 aromatic carbocycles. The lowest BCUT2D eigenvalue weighted by Gasteiger charge is -2.37. The summed E-state index contributed by atoms with van der Waals surface area (Å²) in [6.45, 7) is 0. The Morgan fingerprint density at radius 1 is 1.24 bits per heavy atom. The number of benzene rings is 2. The Morgan fingerprint density at radius 2 is 2.00 bits per heavy atom. The third-order valence-electron chi connectivity index (χ3n) is 5.21. The number of likely N-dealkylation sites (N-methyl/N-ethyl adjacent to an activating group) is 1. The van der Waals surface area contributed by atoms with Gasteiger partial charge in [-0.15, -0.1) is 0 Å². The van der Waals surface area contributed by atoms with Gasteiger partial charge in [0.25, 0.3) is 5.91 Å². The van der Waals surface area contributed by atoms with Crippen LogP contribution in [0.4, 0.5) is 0 Å². The molecule has 1 heterocycles. The maximum atomic E-state index is 13.3. The van der Waals surface area contributed by atoms with Crippen LogP contribution in [0.5, 0.6) is 0 Å². The van der Waals surface area contributed by atoms with Gasteiger partial charge in [-0.05, 0) is 53.8 Å². The van der Waals surface area contributed by atoms with E-state index in [4.69, 9.17) is 4.99 Å². The molecular weight excluding hydrogens is 396 g/mol. The number of halogens is 1. The van der Waals surface area contributed by atoms with Crippen LogP contribution in [0.25, 0.3) is 0 Å². The van der Waals surface area contributed by atoms with Crippen molar-refractivity contribution in [1.29, 1.82) is 0 Å². The number of fused-ring (bicyclic) bond motifs is 2. The van der Waals surface area contributed by atoms with E-state index in [-0.39, 0.29) is 11.8 Å². The molecule has 1 amide bonds. The van der Waals surface area contributed by atoms with E-state index in [0.717, 1.165) is 21.6 Å². The number of amides is 1. The van der Waals surface area contributed by atoms with Crippen molar-refractivity contribution >= 4 is 38.8 Å². The molecule has 5 heteroatoms. The van der Waals surface area contributed by atoms with Gasteiger partial charge in [-0.25, -0.2) is 4.99 Å². The Hall–Kier alpha value is -1.59. The average molecular weight is 415 g/mol. The minimum absolute atomic E-state index is 0.0804. The molecule has 0 saturated carbocycles. The first kappa shape index (κ1) is 16.9. The maximum absolute atomic E-state index is 13.3. The third-order valence-corrected chi connectivity index (χ3v) is 6.43. The first-order chi connectivity index (χ1) is 12.0. The number of hydrogen-bond donors (Lipinski definition) is 0. The highest BCUT2D eigenvalue weighted by atomic mass is 79.9. The summed E-state index contributed by atoms with van der Waals surface area (Å²) in [5.74, 6) is 0.369. The predicted molar refractivity (Wildman–Crippen MR) is 107 cm³/mol. The van der Waals surface area contributed by atoms with E-state index in [1.807, 2.05) is 19.4 Å². The predicted octanol–water partition coefficient (Wildman–Crippen LogP) is 4.57. The number of nitrogens with zero attached hydrogens (tertiary/aromatic N) is 2. The van der Waals surface area contributed by atoms with Gasteiger partial charge in [-0.2, -0.15) is 0 Å². The van der Waals surface area contributed by atoms with Gasteiger partial charge in [0, 0.05) is 11.5 Å². The van der Waals surface area contributed by atoms with Crippen LogP contribution in [0.2, 0.25) is 0 Å². The number of carbonyl (C=O) groups excluding carboxylic acids is 1. The van der Waals surface area contributed by atoms with Gasteiger partial charge >= 0.3 is 0 Å². The van der Waals surface area contributed by atoms with E-state index in [9.17, 15) is 4.79 Å². The van der Waals surface area contributed by atoms with Crippen molar-refractivity contribution in [2.75, 3.05) is 13.3 Å². The number of amidine groups is 1. The zero-order valence-electron chi connectivity index (χ0n) is 14.2. The van der Waals surface area contributed by atoms with Crippen molar-refractivity contribution in [1.82, 2.24) is 4.90 Å². The van der Waals surface area contributed by atoms with Crippen molar-refractivity contribution in [3.05, 3.63) is 69.7 Å². The number of hydrogen-bond acceptors (Lipinski definition) is 3. The zero-order valence-corrected chi connectivity index (χ0v) is 16.6. The van der Waals surface area contributed by atoms with Crippen molar-refractivity contribution in [2.45, 2.75) is 24.3 Å². The summed E-state index contributed by atoms with van der Waals surface area (Å²) in [4.78, 5) is 19.9. The van der Waals surface area contributed by atoms with Gasteiger partial charge in [0.05, 0.1) is 0 Å². The highest BCUT2D eigenvalue weighted by Gasteiger charge is 2.52. The molecule has 1 spiro atoms. The number of carbonyl (C=O) groups is 1. The lowest BCUT2D eigenvalue weighted by atomic mass is 9.69. The lowest BCUT2D eigenvalue weighted by Crippen LogP contribution is -2.42. The quantitative estimate of drug-likeness (QED) is 0.684. The fourth-order valence-corrected chi connectivity index (χ4v) is 4.98. The molecule has 0 aromatic heterocycles. The average Bonchev–Trinajstić information content (AvgIpc) is 2.88. The molecule has 0 radical (unpaired) electrons. The van der Waals surface area contributed by atoms with Gasteiger partial charge in [0.1, 0.15) is 0 Å². The molecule has 0 bridgehead atoms. The van der Waals surface area contributed by atoms with Crippen molar-refractivity contribution in [2.24, 2.45) is 4.99 Å². The highest BCUT2D eigenvalue weighted by Crippen LogP contribution is 2.49. The molecule has 2 aliphatic rings. The summed E-state index contributed by atoms with van der Waals surface area (Å²) in [7, 11) is 1.83. The van der Waals surface area contributed by atoms with Gasteiger partial charge in [0.2, 0.25) is 0 Å². The van der Waals surface area contributed by atoms with Crippen LogP contribution in [0.15, 0.2) is 58.0 Å². The number of aliphatic imine (C=N–C) groups is 1. The van der Waals surface area contributed by atoms with Crippen molar-refractivity contribution in [3.63, 3.8) is 0 Å². The zero-order chi connectivity index (χ0) is 17.6. The summed E-state index contributed by atoms with van der Waals surface area (Å²) in [5, 5.41) is 0.796. The van der Waals surface area contributed by atoms with E-state index in [1.54, 1.807) is 4.90 Å². The summed E-state index contributed by atoms with van der Waals surface area (Å²) < 4.78 is 0.993. The molecule has 3 nitrogen and oxygen atoms in total. The Kier molecular flexibility index (Phi) is 4.24. The standard InChI is InChI=1S/C20H19BrN2OS/c1-23-18(24)20(22-19(23)25-2)12-15(13-6-4-3-5-7-13)10-14-8-9-16(21)11-17(14)20/h3-9,11,15H,10,12H2,1-2H3. The second kappa shape index (κ2) is 6.29. The van der Waals surface area contributed by atoms with Crippen LogP contribution in [0, 0.1) is 0 Å². The smallest absolute Gasteiger partial charge is 0.260 e. The van der Waals surface area contributed by atoms with Crippen LogP contribution in [0.3, 0.4) is 0 Å². The van der Waals surface area contributed by atoms with E-state index in [2.05, 4.69) is 58.4 Å². The molecule has 0 fully saturated rings. The molecule has 4 rings (SSSR count). The minimum Gasteiger partial charge on any atom is -0.292 e. The molecule has 128 valence electrons. The number of rotatable bonds is 1. The normalized spacial score (nSPS) is 25.2. The molecule has 0 N–H and O–H groups in total. The van der Waals surface area contributed by atoms with Crippen LogP contribution < -0.4 is 0 Å². The third kappa shape index (κ3) is 2.64. The molecule has 0 saturated heterocycles. The van der Waals surface area contributed by atoms with Crippen LogP contribution in [-0.2, 0) is 16.8 Å². The van der Waals surface area contributed by atoms with Crippen LogP contribution in [0.1, 0.15) is 29.0 Å².